The molecule has 20 heavy (non-hydrogen) atoms. The molecule has 1 aromatic rings. The molecule has 4 nitrogen and oxygen atoms in total. The highest BCUT2D eigenvalue weighted by molar-refractivity contribution is 5.70. The maximum absolute atomic E-state index is 13.6. The Balaban J connectivity index is 1.63. The number of nitrogens with one attached hydrogen (secondary N) is 1. The van der Waals surface area contributed by atoms with Crippen LogP contribution >= 0.6 is 0 Å². The van der Waals surface area contributed by atoms with Crippen molar-refractivity contribution < 1.29 is 13.9 Å². The fraction of sp³-hybridized carbons (Fsp3) is 0.533. The molecular weight excluding hydrogens is 259 g/mol. The number of carbonyl (C=O) groups is 1. The van der Waals surface area contributed by atoms with Gasteiger partial charge in [-0.25, -0.2) is 9.18 Å². The summed E-state index contributed by atoms with van der Waals surface area (Å²) in [6, 6.07) is 6.55. The van der Waals surface area contributed by atoms with Crippen LogP contribution in [0.5, 0.6) is 0 Å². The van der Waals surface area contributed by atoms with Gasteiger partial charge in [0.1, 0.15) is 11.9 Å². The number of hydrogen-bond acceptors (Lipinski definition) is 3. The van der Waals surface area contributed by atoms with Crippen molar-refractivity contribution >= 4 is 6.09 Å². The fourth-order valence-corrected chi connectivity index (χ4v) is 2.94. The average molecular weight is 278 g/mol. The zero-order valence-electron chi connectivity index (χ0n) is 11.3. The number of benzene rings is 1. The molecule has 0 bridgehead atoms. The summed E-state index contributed by atoms with van der Waals surface area (Å²) in [6.07, 6.45) is 1.80. The molecule has 0 saturated carbocycles. The third-order valence-electron chi connectivity index (χ3n) is 4.09. The summed E-state index contributed by atoms with van der Waals surface area (Å²) in [7, 11) is 0. The van der Waals surface area contributed by atoms with Crippen molar-refractivity contribution in [3.05, 3.63) is 35.6 Å². The predicted octanol–water partition coefficient (Wildman–Crippen LogP) is 2.15. The lowest BCUT2D eigenvalue weighted by Crippen LogP contribution is -2.38. The van der Waals surface area contributed by atoms with Crippen molar-refractivity contribution in [2.24, 2.45) is 5.92 Å². The number of hydrogen-bond donors (Lipinski definition) is 1. The predicted molar refractivity (Wildman–Crippen MR) is 72.7 cm³/mol. The van der Waals surface area contributed by atoms with Crippen LogP contribution in [0.15, 0.2) is 24.3 Å². The Kier molecular flexibility index (Phi) is 3.87. The van der Waals surface area contributed by atoms with Crippen LogP contribution in [0, 0.1) is 11.7 Å². The number of nitrogens with zero attached hydrogens (tertiary/aromatic N) is 1. The Morgan fingerprint density at radius 3 is 3.00 bits per heavy atom. The van der Waals surface area contributed by atoms with Crippen molar-refractivity contribution in [1.82, 2.24) is 10.2 Å². The number of rotatable bonds is 3. The second kappa shape index (κ2) is 5.79. The number of carbonyl (C=O) groups excluding carboxylic acids is 1. The van der Waals surface area contributed by atoms with Gasteiger partial charge < -0.3 is 15.0 Å². The molecule has 2 atom stereocenters. The zero-order chi connectivity index (χ0) is 13.9. The number of halogens is 1. The van der Waals surface area contributed by atoms with E-state index in [1.54, 1.807) is 23.1 Å². The number of piperidine rings is 1. The standard InChI is InChI=1S/C15H19FN2O2/c16-13-6-2-1-4-12(13)9-18-10-14(20-15(18)19)11-5-3-7-17-8-11/h1-2,4,6,11,14,17H,3,5,7-10H2. The van der Waals surface area contributed by atoms with E-state index in [9.17, 15) is 9.18 Å². The maximum atomic E-state index is 13.6. The molecule has 1 aromatic carbocycles. The highest BCUT2D eigenvalue weighted by atomic mass is 19.1. The molecule has 2 aliphatic heterocycles. The van der Waals surface area contributed by atoms with Gasteiger partial charge in [0.15, 0.2) is 0 Å². The van der Waals surface area contributed by atoms with Gasteiger partial charge in [-0.3, -0.25) is 0 Å². The molecule has 2 fully saturated rings. The van der Waals surface area contributed by atoms with Crippen LogP contribution < -0.4 is 5.32 Å². The molecule has 2 heterocycles. The molecule has 0 spiro atoms. The summed E-state index contributed by atoms with van der Waals surface area (Å²) < 4.78 is 19.1. The van der Waals surface area contributed by atoms with Crippen LogP contribution in [-0.2, 0) is 11.3 Å². The molecular formula is C15H19FN2O2. The number of ether oxygens (including phenoxy) is 1. The highest BCUT2D eigenvalue weighted by Gasteiger charge is 2.37. The number of cyclic esters (lactones) is 1. The SMILES string of the molecule is O=C1OC(C2CCCNC2)CN1Cc1ccccc1F. The van der Waals surface area contributed by atoms with E-state index >= 15 is 0 Å². The minimum Gasteiger partial charge on any atom is -0.444 e. The van der Waals surface area contributed by atoms with Crippen molar-refractivity contribution in [2.75, 3.05) is 19.6 Å². The average Bonchev–Trinajstić information content (AvgIpc) is 2.84. The minimum atomic E-state index is -0.330. The van der Waals surface area contributed by atoms with Crippen LogP contribution in [0.25, 0.3) is 0 Å². The normalized spacial score (nSPS) is 26.6. The highest BCUT2D eigenvalue weighted by Crippen LogP contribution is 2.25. The summed E-state index contributed by atoms with van der Waals surface area (Å²) in [6.45, 7) is 2.77. The Morgan fingerprint density at radius 1 is 1.40 bits per heavy atom. The molecule has 3 rings (SSSR count). The van der Waals surface area contributed by atoms with Gasteiger partial charge in [0, 0.05) is 18.0 Å². The molecule has 2 saturated heterocycles. The summed E-state index contributed by atoms with van der Waals surface area (Å²) in [4.78, 5) is 13.5. The maximum Gasteiger partial charge on any atom is 0.410 e. The smallest absolute Gasteiger partial charge is 0.410 e. The Labute approximate surface area is 117 Å². The first-order valence-corrected chi connectivity index (χ1v) is 7.14. The van der Waals surface area contributed by atoms with Gasteiger partial charge in [-0.1, -0.05) is 18.2 Å². The summed E-state index contributed by atoms with van der Waals surface area (Å²) in [5.74, 6) is 0.0985. The Bertz CT molecular complexity index is 489. The van der Waals surface area contributed by atoms with Crippen LogP contribution in [-0.4, -0.2) is 36.7 Å². The van der Waals surface area contributed by atoms with E-state index in [0.29, 0.717) is 18.0 Å². The van der Waals surface area contributed by atoms with Gasteiger partial charge >= 0.3 is 6.09 Å². The molecule has 2 unspecified atom stereocenters. The second-order valence-electron chi connectivity index (χ2n) is 5.50. The monoisotopic (exact) mass is 278 g/mol. The van der Waals surface area contributed by atoms with Crippen molar-refractivity contribution in [2.45, 2.75) is 25.5 Å². The molecule has 0 aliphatic carbocycles. The van der Waals surface area contributed by atoms with E-state index in [-0.39, 0.29) is 24.6 Å². The van der Waals surface area contributed by atoms with Crippen molar-refractivity contribution in [1.29, 1.82) is 0 Å². The quantitative estimate of drug-likeness (QED) is 0.921. The molecule has 2 aliphatic rings. The summed E-state index contributed by atoms with van der Waals surface area (Å²) in [5.41, 5.74) is 0.534. The Morgan fingerprint density at radius 2 is 2.25 bits per heavy atom. The Hall–Kier alpha value is -1.62. The first-order chi connectivity index (χ1) is 9.74. The van der Waals surface area contributed by atoms with Crippen LogP contribution in [0.4, 0.5) is 9.18 Å². The van der Waals surface area contributed by atoms with Gasteiger partial charge in [-0.05, 0) is 25.5 Å². The van der Waals surface area contributed by atoms with E-state index in [0.717, 1.165) is 25.9 Å². The lowest BCUT2D eigenvalue weighted by molar-refractivity contribution is 0.0926. The molecule has 0 radical (unpaired) electrons. The molecule has 108 valence electrons. The van der Waals surface area contributed by atoms with Gasteiger partial charge in [-0.15, -0.1) is 0 Å². The van der Waals surface area contributed by atoms with Gasteiger partial charge in [0.05, 0.1) is 13.1 Å². The van der Waals surface area contributed by atoms with Crippen LogP contribution in [0.2, 0.25) is 0 Å². The summed E-state index contributed by atoms with van der Waals surface area (Å²) >= 11 is 0. The van der Waals surface area contributed by atoms with Gasteiger partial charge in [0.25, 0.3) is 0 Å². The fourth-order valence-electron chi connectivity index (χ4n) is 2.94. The number of amides is 1. The second-order valence-corrected chi connectivity index (χ2v) is 5.50. The first kappa shape index (κ1) is 13.4. The largest absolute Gasteiger partial charge is 0.444 e. The minimum absolute atomic E-state index is 0.0675. The third kappa shape index (κ3) is 2.77. The van der Waals surface area contributed by atoms with E-state index in [1.807, 2.05) is 0 Å². The summed E-state index contributed by atoms with van der Waals surface area (Å²) in [5, 5.41) is 3.33. The topological polar surface area (TPSA) is 41.6 Å². The lowest BCUT2D eigenvalue weighted by atomic mass is 9.94. The van der Waals surface area contributed by atoms with Crippen LogP contribution in [0.1, 0.15) is 18.4 Å². The molecule has 1 N–H and O–H groups in total. The van der Waals surface area contributed by atoms with Crippen molar-refractivity contribution in [3.8, 4) is 0 Å². The lowest BCUT2D eigenvalue weighted by Gasteiger charge is -2.26. The van der Waals surface area contributed by atoms with Crippen molar-refractivity contribution in [3.63, 3.8) is 0 Å². The first-order valence-electron chi connectivity index (χ1n) is 7.14. The molecule has 5 heteroatoms. The van der Waals surface area contributed by atoms with E-state index in [2.05, 4.69) is 5.32 Å². The van der Waals surface area contributed by atoms with E-state index in [1.165, 1.54) is 6.07 Å². The van der Waals surface area contributed by atoms with Gasteiger partial charge in [-0.2, -0.15) is 0 Å². The molecule has 1 amide bonds. The molecule has 0 aromatic heterocycles. The van der Waals surface area contributed by atoms with E-state index in [4.69, 9.17) is 4.74 Å². The van der Waals surface area contributed by atoms with E-state index < -0.39 is 0 Å². The zero-order valence-corrected chi connectivity index (χ0v) is 11.3. The van der Waals surface area contributed by atoms with Gasteiger partial charge in [0.2, 0.25) is 0 Å². The van der Waals surface area contributed by atoms with Crippen LogP contribution in [0.3, 0.4) is 0 Å². The third-order valence-corrected chi connectivity index (χ3v) is 4.09.